The van der Waals surface area contributed by atoms with Crippen molar-refractivity contribution in [1.29, 1.82) is 5.26 Å². The number of hydrogen-bond acceptors (Lipinski definition) is 9. The molecule has 6 rings (SSSR count). The van der Waals surface area contributed by atoms with Gasteiger partial charge in [0, 0.05) is 55.4 Å². The molecule has 0 aliphatic carbocycles. The zero-order valence-corrected chi connectivity index (χ0v) is 25.0. The summed E-state index contributed by atoms with van der Waals surface area (Å²) in [4.78, 5) is 31.1. The van der Waals surface area contributed by atoms with Gasteiger partial charge in [-0.15, -0.1) is 0 Å². The smallest absolute Gasteiger partial charge is 0.318 e. The first-order chi connectivity index (χ1) is 20.9. The lowest BCUT2D eigenvalue weighted by Gasteiger charge is -2.42. The van der Waals surface area contributed by atoms with Gasteiger partial charge in [-0.25, -0.2) is 0 Å². The van der Waals surface area contributed by atoms with Crippen molar-refractivity contribution in [2.24, 2.45) is 0 Å². The van der Waals surface area contributed by atoms with Gasteiger partial charge in [0.2, 0.25) is 5.91 Å². The summed E-state index contributed by atoms with van der Waals surface area (Å²) in [6.07, 6.45) is 2.28. The molecule has 2 saturated heterocycles. The summed E-state index contributed by atoms with van der Waals surface area (Å²) in [5.41, 5.74) is 3.23. The van der Waals surface area contributed by atoms with Crippen LogP contribution in [0.2, 0.25) is 0 Å². The zero-order valence-electron chi connectivity index (χ0n) is 25.0. The van der Waals surface area contributed by atoms with Crippen molar-refractivity contribution in [2.75, 3.05) is 62.8 Å². The number of piperazine rings is 1. The number of nitrogens with zero attached hydrogens (tertiary/aromatic N) is 7. The highest BCUT2D eigenvalue weighted by Crippen LogP contribution is 2.35. The van der Waals surface area contributed by atoms with Crippen LogP contribution >= 0.6 is 0 Å². The van der Waals surface area contributed by atoms with E-state index in [4.69, 9.17) is 19.4 Å². The molecule has 0 N–H and O–H groups in total. The SMILES string of the molecule is C=CC(=O)N1CCN(c2nc(OC[C@H]3CN(C)C(C)CO3)nc3c2CCN(c2cccc4ccccc24)C3)C[C@@H]1CC#N. The van der Waals surface area contributed by atoms with Gasteiger partial charge in [0.05, 0.1) is 37.4 Å². The Morgan fingerprint density at radius 1 is 1.14 bits per heavy atom. The van der Waals surface area contributed by atoms with Gasteiger partial charge in [-0.1, -0.05) is 43.0 Å². The Morgan fingerprint density at radius 2 is 1.98 bits per heavy atom. The van der Waals surface area contributed by atoms with E-state index in [2.05, 4.69) is 83.8 Å². The quantitative estimate of drug-likeness (QED) is 0.389. The predicted octanol–water partition coefficient (Wildman–Crippen LogP) is 3.41. The molecule has 1 aromatic heterocycles. The highest BCUT2D eigenvalue weighted by molar-refractivity contribution is 5.94. The van der Waals surface area contributed by atoms with Gasteiger partial charge in [0.1, 0.15) is 18.5 Å². The van der Waals surface area contributed by atoms with E-state index in [9.17, 15) is 10.1 Å². The maximum atomic E-state index is 12.5. The van der Waals surface area contributed by atoms with E-state index in [1.165, 1.54) is 22.5 Å². The molecule has 10 nitrogen and oxygen atoms in total. The second-order valence-electron chi connectivity index (χ2n) is 11.7. The fourth-order valence-corrected chi connectivity index (χ4v) is 6.36. The molecule has 10 heteroatoms. The highest BCUT2D eigenvalue weighted by Gasteiger charge is 2.33. The summed E-state index contributed by atoms with van der Waals surface area (Å²) < 4.78 is 12.3. The maximum Gasteiger partial charge on any atom is 0.318 e. The van der Waals surface area contributed by atoms with Crippen LogP contribution < -0.4 is 14.5 Å². The highest BCUT2D eigenvalue weighted by atomic mass is 16.5. The molecule has 3 aromatic rings. The van der Waals surface area contributed by atoms with Gasteiger partial charge in [-0.2, -0.15) is 15.2 Å². The third kappa shape index (κ3) is 6.01. The molecule has 43 heavy (non-hydrogen) atoms. The number of carbonyl (C=O) groups is 1. The first-order valence-electron chi connectivity index (χ1n) is 15.1. The fraction of sp³-hybridized carbons (Fsp3) is 0.455. The number of fused-ring (bicyclic) bond motifs is 2. The number of likely N-dealkylation sites (N-methyl/N-ethyl adjacent to an activating group) is 1. The number of hydrogen-bond donors (Lipinski definition) is 0. The molecule has 224 valence electrons. The summed E-state index contributed by atoms with van der Waals surface area (Å²) in [7, 11) is 2.10. The molecule has 0 spiro atoms. The average Bonchev–Trinajstić information content (AvgIpc) is 3.04. The van der Waals surface area contributed by atoms with E-state index in [0.29, 0.717) is 51.4 Å². The number of benzene rings is 2. The fourth-order valence-electron chi connectivity index (χ4n) is 6.36. The van der Waals surface area contributed by atoms with Crippen LogP contribution in [0.5, 0.6) is 6.01 Å². The molecule has 1 amide bonds. The standard InChI is InChI=1S/C33H39N7O3/c1-4-31(41)40-17-16-39(18-25(40)12-14-34)32-28-13-15-38(30-11-7-9-24-8-5-6-10-27(24)30)20-29(28)35-33(36-32)43-22-26-19-37(3)23(2)21-42-26/h4-11,23,25-26H,1,12-13,15-22H2,2-3H3/t23?,25-,26+/m0/s1. The Kier molecular flexibility index (Phi) is 8.45. The normalized spacial score (nSPS) is 22.6. The van der Waals surface area contributed by atoms with E-state index >= 15 is 0 Å². The third-order valence-electron chi connectivity index (χ3n) is 8.91. The molecule has 2 fully saturated rings. The first-order valence-corrected chi connectivity index (χ1v) is 15.1. The molecule has 3 aliphatic heterocycles. The Morgan fingerprint density at radius 3 is 2.79 bits per heavy atom. The Bertz CT molecular complexity index is 1530. The monoisotopic (exact) mass is 581 g/mol. The Hall–Kier alpha value is -4.20. The van der Waals surface area contributed by atoms with Gasteiger partial charge in [-0.3, -0.25) is 9.69 Å². The zero-order chi connectivity index (χ0) is 29.9. The van der Waals surface area contributed by atoms with Crippen molar-refractivity contribution in [3.8, 4) is 12.1 Å². The lowest BCUT2D eigenvalue weighted by atomic mass is 10.0. The second-order valence-corrected chi connectivity index (χ2v) is 11.7. The van der Waals surface area contributed by atoms with Crippen LogP contribution in [-0.4, -0.2) is 96.8 Å². The number of morpholine rings is 1. The molecule has 4 heterocycles. The van der Waals surface area contributed by atoms with E-state index in [-0.39, 0.29) is 24.5 Å². The van der Waals surface area contributed by atoms with Gasteiger partial charge in [0.25, 0.3) is 0 Å². The average molecular weight is 582 g/mol. The van der Waals surface area contributed by atoms with E-state index < -0.39 is 0 Å². The number of anilines is 2. The largest absolute Gasteiger partial charge is 0.461 e. The summed E-state index contributed by atoms with van der Waals surface area (Å²) >= 11 is 0. The van der Waals surface area contributed by atoms with E-state index in [1.54, 1.807) is 4.90 Å². The van der Waals surface area contributed by atoms with E-state index in [0.717, 1.165) is 36.6 Å². The van der Waals surface area contributed by atoms with Gasteiger partial charge in [0.15, 0.2) is 0 Å². The summed E-state index contributed by atoms with van der Waals surface area (Å²) in [5.74, 6) is 0.688. The minimum Gasteiger partial charge on any atom is -0.461 e. The van der Waals surface area contributed by atoms with Crippen molar-refractivity contribution >= 4 is 28.2 Å². The van der Waals surface area contributed by atoms with Crippen LogP contribution in [0, 0.1) is 11.3 Å². The topological polar surface area (TPSA) is 98.1 Å². The van der Waals surface area contributed by atoms with Crippen LogP contribution in [0.4, 0.5) is 11.5 Å². The molecule has 0 bridgehead atoms. The van der Waals surface area contributed by atoms with Crippen LogP contribution in [0.1, 0.15) is 24.6 Å². The van der Waals surface area contributed by atoms with Gasteiger partial charge in [-0.05, 0) is 37.9 Å². The lowest BCUT2D eigenvalue weighted by Crippen LogP contribution is -2.55. The molecule has 3 aliphatic rings. The molecular formula is C33H39N7O3. The molecular weight excluding hydrogens is 542 g/mol. The Labute approximate surface area is 253 Å². The summed E-state index contributed by atoms with van der Waals surface area (Å²) in [6, 6.07) is 17.6. The number of ether oxygens (including phenoxy) is 2. The van der Waals surface area contributed by atoms with Crippen LogP contribution in [0.15, 0.2) is 55.1 Å². The van der Waals surface area contributed by atoms with Crippen LogP contribution in [0.25, 0.3) is 10.8 Å². The van der Waals surface area contributed by atoms with Crippen molar-refractivity contribution in [2.45, 2.75) is 44.5 Å². The van der Waals surface area contributed by atoms with Crippen molar-refractivity contribution in [3.63, 3.8) is 0 Å². The summed E-state index contributed by atoms with van der Waals surface area (Å²) in [5, 5.41) is 12.0. The van der Waals surface area contributed by atoms with Crippen LogP contribution in [-0.2, 0) is 22.5 Å². The van der Waals surface area contributed by atoms with Crippen molar-refractivity contribution in [1.82, 2.24) is 19.8 Å². The third-order valence-corrected chi connectivity index (χ3v) is 8.91. The second kappa shape index (κ2) is 12.6. The molecule has 0 radical (unpaired) electrons. The van der Waals surface area contributed by atoms with Gasteiger partial charge < -0.3 is 24.2 Å². The first kappa shape index (κ1) is 28.9. The minimum absolute atomic E-state index is 0.0649. The predicted molar refractivity (Wildman–Crippen MR) is 166 cm³/mol. The number of aromatic nitrogens is 2. The van der Waals surface area contributed by atoms with Crippen molar-refractivity contribution < 1.29 is 14.3 Å². The molecule has 2 aromatic carbocycles. The molecule has 3 atom stereocenters. The molecule has 1 unspecified atom stereocenters. The lowest BCUT2D eigenvalue weighted by molar-refractivity contribution is -0.128. The van der Waals surface area contributed by atoms with E-state index in [1.807, 2.05) is 0 Å². The Balaban J connectivity index is 1.31. The van der Waals surface area contributed by atoms with Crippen molar-refractivity contribution in [3.05, 3.63) is 66.4 Å². The van der Waals surface area contributed by atoms with Crippen LogP contribution in [0.3, 0.4) is 0 Å². The van der Waals surface area contributed by atoms with Gasteiger partial charge >= 0.3 is 6.01 Å². The number of carbonyl (C=O) groups excluding carboxylic acids is 1. The summed E-state index contributed by atoms with van der Waals surface area (Å²) in [6.45, 7) is 10.7. The molecule has 0 saturated carbocycles. The minimum atomic E-state index is -0.247. The number of rotatable bonds is 7. The number of nitriles is 1. The number of amides is 1. The maximum absolute atomic E-state index is 12.5.